The first-order valence-corrected chi connectivity index (χ1v) is 7.17. The van der Waals surface area contributed by atoms with E-state index in [1.54, 1.807) is 11.1 Å². The van der Waals surface area contributed by atoms with Gasteiger partial charge >= 0.3 is 0 Å². The Morgan fingerprint density at radius 1 is 1.45 bits per heavy atom. The van der Waals surface area contributed by atoms with Crippen LogP contribution in [0.2, 0.25) is 0 Å². The first kappa shape index (κ1) is 12.9. The van der Waals surface area contributed by atoms with E-state index in [9.17, 15) is 9.59 Å². The van der Waals surface area contributed by atoms with E-state index in [0.717, 1.165) is 4.70 Å². The molecule has 20 heavy (non-hydrogen) atoms. The topological polar surface area (TPSA) is 88.3 Å². The van der Waals surface area contributed by atoms with Crippen LogP contribution in [0.15, 0.2) is 18.3 Å². The third-order valence-electron chi connectivity index (χ3n) is 3.28. The van der Waals surface area contributed by atoms with Crippen LogP contribution >= 0.6 is 11.3 Å². The Hall–Kier alpha value is -2.15. The fourth-order valence-electron chi connectivity index (χ4n) is 2.22. The summed E-state index contributed by atoms with van der Waals surface area (Å²) in [4.78, 5) is 30.2. The Morgan fingerprint density at radius 2 is 2.30 bits per heavy atom. The number of carbonyl (C=O) groups excluding carboxylic acids is 2. The Balaban J connectivity index is 1.92. The van der Waals surface area contributed by atoms with Gasteiger partial charge in [0.1, 0.15) is 10.4 Å². The highest BCUT2D eigenvalue weighted by atomic mass is 32.1. The van der Waals surface area contributed by atoms with Crippen LogP contribution in [0.4, 0.5) is 5.69 Å². The van der Waals surface area contributed by atoms with Crippen LogP contribution < -0.4 is 11.1 Å². The summed E-state index contributed by atoms with van der Waals surface area (Å²) >= 11 is 1.35. The average Bonchev–Trinajstić information content (AvgIpc) is 2.64. The average molecular weight is 290 g/mol. The molecule has 7 heteroatoms. The number of hydrogen-bond donors (Lipinski definition) is 2. The standard InChI is InChI=1S/C13H14N4O2S/c14-10-11-8(2-1-4-16-11)20-12(10)13(19)17-6-3-9(18)15-5-7-17/h1-2,4H,3,5-7,14H2,(H,15,18). The summed E-state index contributed by atoms with van der Waals surface area (Å²) in [5.41, 5.74) is 7.13. The molecule has 2 aromatic heterocycles. The molecule has 0 aromatic carbocycles. The highest BCUT2D eigenvalue weighted by molar-refractivity contribution is 7.21. The number of hydrogen-bond acceptors (Lipinski definition) is 5. The molecule has 0 spiro atoms. The lowest BCUT2D eigenvalue weighted by atomic mass is 10.3. The van der Waals surface area contributed by atoms with Gasteiger partial charge in [-0.3, -0.25) is 14.6 Å². The van der Waals surface area contributed by atoms with Crippen LogP contribution in [0.5, 0.6) is 0 Å². The second-order valence-corrected chi connectivity index (χ2v) is 5.64. The number of anilines is 1. The zero-order valence-corrected chi connectivity index (χ0v) is 11.6. The molecule has 0 unspecified atom stereocenters. The second kappa shape index (κ2) is 5.09. The molecule has 104 valence electrons. The Kier molecular flexibility index (Phi) is 3.27. The molecule has 3 heterocycles. The lowest BCUT2D eigenvalue weighted by Gasteiger charge is -2.18. The molecule has 0 atom stereocenters. The maximum atomic E-state index is 12.5. The molecule has 0 saturated carbocycles. The zero-order chi connectivity index (χ0) is 14.1. The van der Waals surface area contributed by atoms with Gasteiger partial charge in [0.2, 0.25) is 5.91 Å². The van der Waals surface area contributed by atoms with Crippen molar-refractivity contribution in [3.63, 3.8) is 0 Å². The lowest BCUT2D eigenvalue weighted by molar-refractivity contribution is -0.120. The van der Waals surface area contributed by atoms with Crippen molar-refractivity contribution in [2.75, 3.05) is 25.4 Å². The predicted octanol–water partition coefficient (Wildman–Crippen LogP) is 0.841. The van der Waals surface area contributed by atoms with Gasteiger partial charge in [0.25, 0.3) is 5.91 Å². The van der Waals surface area contributed by atoms with Gasteiger partial charge in [-0.25, -0.2) is 0 Å². The maximum absolute atomic E-state index is 12.5. The SMILES string of the molecule is Nc1c(C(=O)N2CCNC(=O)CC2)sc2cccnc12. The fraction of sp³-hybridized carbons (Fsp3) is 0.308. The van der Waals surface area contributed by atoms with Crippen LogP contribution in [0.3, 0.4) is 0 Å². The minimum Gasteiger partial charge on any atom is -0.396 e. The minimum absolute atomic E-state index is 0.0220. The summed E-state index contributed by atoms with van der Waals surface area (Å²) in [6.07, 6.45) is 1.99. The van der Waals surface area contributed by atoms with Gasteiger partial charge in [-0.15, -0.1) is 11.3 Å². The number of rotatable bonds is 1. The number of carbonyl (C=O) groups is 2. The molecule has 0 aliphatic carbocycles. The van der Waals surface area contributed by atoms with E-state index in [-0.39, 0.29) is 11.8 Å². The molecule has 1 fully saturated rings. The molecule has 2 aromatic rings. The van der Waals surface area contributed by atoms with Crippen LogP contribution in [0.1, 0.15) is 16.1 Å². The molecular weight excluding hydrogens is 276 g/mol. The Bertz CT molecular complexity index is 682. The highest BCUT2D eigenvalue weighted by Gasteiger charge is 2.24. The molecule has 0 radical (unpaired) electrons. The third-order valence-corrected chi connectivity index (χ3v) is 4.42. The van der Waals surface area contributed by atoms with Crippen molar-refractivity contribution in [3.8, 4) is 0 Å². The van der Waals surface area contributed by atoms with Crippen LogP contribution in [0.25, 0.3) is 10.2 Å². The lowest BCUT2D eigenvalue weighted by Crippen LogP contribution is -2.34. The number of nitrogens with zero attached hydrogens (tertiary/aromatic N) is 2. The van der Waals surface area contributed by atoms with Crippen molar-refractivity contribution in [1.29, 1.82) is 0 Å². The van der Waals surface area contributed by atoms with Gasteiger partial charge in [0.05, 0.1) is 10.4 Å². The van der Waals surface area contributed by atoms with Gasteiger partial charge < -0.3 is 16.0 Å². The summed E-state index contributed by atoms with van der Waals surface area (Å²) in [5, 5.41) is 2.75. The first-order valence-electron chi connectivity index (χ1n) is 6.36. The quantitative estimate of drug-likeness (QED) is 0.814. The molecule has 1 aliphatic rings. The van der Waals surface area contributed by atoms with E-state index >= 15 is 0 Å². The largest absolute Gasteiger partial charge is 0.396 e. The second-order valence-electron chi connectivity index (χ2n) is 4.59. The number of aromatic nitrogens is 1. The first-order chi connectivity index (χ1) is 9.66. The van der Waals surface area contributed by atoms with E-state index in [0.29, 0.717) is 42.1 Å². The van der Waals surface area contributed by atoms with Crippen molar-refractivity contribution in [2.45, 2.75) is 6.42 Å². The smallest absolute Gasteiger partial charge is 0.266 e. The predicted molar refractivity (Wildman–Crippen MR) is 77.6 cm³/mol. The Morgan fingerprint density at radius 3 is 3.10 bits per heavy atom. The molecule has 2 amide bonds. The molecule has 3 N–H and O–H groups in total. The van der Waals surface area contributed by atoms with Crippen molar-refractivity contribution >= 4 is 39.1 Å². The summed E-state index contributed by atoms with van der Waals surface area (Å²) in [6.45, 7) is 1.41. The van der Waals surface area contributed by atoms with E-state index in [1.165, 1.54) is 11.3 Å². The van der Waals surface area contributed by atoms with Gasteiger partial charge in [-0.2, -0.15) is 0 Å². The molecular formula is C13H14N4O2S. The summed E-state index contributed by atoms with van der Waals surface area (Å²) < 4.78 is 0.900. The number of pyridine rings is 1. The summed E-state index contributed by atoms with van der Waals surface area (Å²) in [7, 11) is 0. The van der Waals surface area contributed by atoms with Crippen molar-refractivity contribution < 1.29 is 9.59 Å². The third kappa shape index (κ3) is 2.20. The fourth-order valence-corrected chi connectivity index (χ4v) is 3.27. The molecule has 3 rings (SSSR count). The monoisotopic (exact) mass is 290 g/mol. The van der Waals surface area contributed by atoms with E-state index in [4.69, 9.17) is 5.73 Å². The van der Waals surface area contributed by atoms with Gasteiger partial charge in [0, 0.05) is 32.3 Å². The van der Waals surface area contributed by atoms with Gasteiger partial charge in [-0.05, 0) is 12.1 Å². The van der Waals surface area contributed by atoms with E-state index in [1.807, 2.05) is 12.1 Å². The minimum atomic E-state index is -0.123. The van der Waals surface area contributed by atoms with Crippen molar-refractivity contribution in [1.82, 2.24) is 15.2 Å². The normalized spacial score (nSPS) is 16.0. The number of nitrogen functional groups attached to an aromatic ring is 1. The van der Waals surface area contributed by atoms with E-state index < -0.39 is 0 Å². The number of amides is 2. The highest BCUT2D eigenvalue weighted by Crippen LogP contribution is 2.32. The van der Waals surface area contributed by atoms with Crippen LogP contribution in [0, 0.1) is 0 Å². The van der Waals surface area contributed by atoms with Crippen LogP contribution in [-0.4, -0.2) is 41.3 Å². The zero-order valence-electron chi connectivity index (χ0n) is 10.8. The van der Waals surface area contributed by atoms with Crippen LogP contribution in [-0.2, 0) is 4.79 Å². The summed E-state index contributed by atoms with van der Waals surface area (Å²) in [6, 6.07) is 3.72. The van der Waals surface area contributed by atoms with Gasteiger partial charge in [-0.1, -0.05) is 0 Å². The number of nitrogens with one attached hydrogen (secondary N) is 1. The maximum Gasteiger partial charge on any atom is 0.266 e. The number of nitrogens with two attached hydrogens (primary N) is 1. The molecule has 1 saturated heterocycles. The Labute approximate surface area is 119 Å². The summed E-state index contributed by atoms with van der Waals surface area (Å²) in [5.74, 6) is -0.145. The van der Waals surface area contributed by atoms with Crippen molar-refractivity contribution in [2.24, 2.45) is 0 Å². The molecule has 1 aliphatic heterocycles. The van der Waals surface area contributed by atoms with Gasteiger partial charge in [0.15, 0.2) is 0 Å². The van der Waals surface area contributed by atoms with E-state index in [2.05, 4.69) is 10.3 Å². The number of thiophene rings is 1. The number of fused-ring (bicyclic) bond motifs is 1. The van der Waals surface area contributed by atoms with Crippen molar-refractivity contribution in [3.05, 3.63) is 23.2 Å². The molecule has 6 nitrogen and oxygen atoms in total. The molecule has 0 bridgehead atoms.